The van der Waals surface area contributed by atoms with Gasteiger partial charge in [-0.15, -0.1) is 0 Å². The first-order valence-corrected chi connectivity index (χ1v) is 6.84. The zero-order chi connectivity index (χ0) is 16.3. The maximum absolute atomic E-state index is 12.8. The average Bonchev–Trinajstić information content (AvgIpc) is 2.48. The van der Waals surface area contributed by atoms with Crippen LogP contribution in [0.15, 0.2) is 46.9 Å². The van der Waals surface area contributed by atoms with Crippen LogP contribution < -0.4 is 5.32 Å². The molecule has 2 aromatic rings. The van der Waals surface area contributed by atoms with E-state index in [4.69, 9.17) is 0 Å². The van der Waals surface area contributed by atoms with Gasteiger partial charge in [0.2, 0.25) is 0 Å². The number of alkyl halides is 3. The summed E-state index contributed by atoms with van der Waals surface area (Å²) in [6.07, 6.45) is -3.89. The summed E-state index contributed by atoms with van der Waals surface area (Å²) in [5, 5.41) is 2.39. The standard InChI is InChI=1S/C15H9BrF3NO2/c16-13-6-5-11(7-12(13)15(17,18)19)20-14(22)10-3-1-9(8-21)2-4-10/h1-8H,(H,20,22). The fraction of sp³-hybridized carbons (Fsp3) is 0.0667. The highest BCUT2D eigenvalue weighted by Crippen LogP contribution is 2.36. The second kappa shape index (κ2) is 6.31. The van der Waals surface area contributed by atoms with E-state index < -0.39 is 17.6 Å². The van der Waals surface area contributed by atoms with Gasteiger partial charge in [-0.05, 0) is 30.3 Å². The van der Waals surface area contributed by atoms with Gasteiger partial charge in [-0.1, -0.05) is 28.1 Å². The molecule has 3 nitrogen and oxygen atoms in total. The Hall–Kier alpha value is -2.15. The number of anilines is 1. The average molecular weight is 372 g/mol. The number of carbonyl (C=O) groups excluding carboxylic acids is 2. The number of rotatable bonds is 3. The molecule has 0 saturated heterocycles. The molecule has 22 heavy (non-hydrogen) atoms. The molecule has 0 heterocycles. The molecule has 0 spiro atoms. The van der Waals surface area contributed by atoms with Crippen LogP contribution in [0.4, 0.5) is 18.9 Å². The van der Waals surface area contributed by atoms with Crippen molar-refractivity contribution in [1.82, 2.24) is 0 Å². The van der Waals surface area contributed by atoms with E-state index in [1.807, 2.05) is 0 Å². The first-order chi connectivity index (χ1) is 10.3. The van der Waals surface area contributed by atoms with E-state index in [0.717, 1.165) is 6.07 Å². The third kappa shape index (κ3) is 3.73. The highest BCUT2D eigenvalue weighted by atomic mass is 79.9. The van der Waals surface area contributed by atoms with Crippen molar-refractivity contribution in [3.05, 3.63) is 63.6 Å². The Kier molecular flexibility index (Phi) is 4.65. The minimum atomic E-state index is -4.52. The van der Waals surface area contributed by atoms with E-state index in [-0.39, 0.29) is 15.7 Å². The summed E-state index contributed by atoms with van der Waals surface area (Å²) in [6.45, 7) is 0. The lowest BCUT2D eigenvalue weighted by molar-refractivity contribution is -0.138. The van der Waals surface area contributed by atoms with E-state index in [2.05, 4.69) is 21.2 Å². The maximum Gasteiger partial charge on any atom is 0.417 e. The lowest BCUT2D eigenvalue weighted by Gasteiger charge is -2.12. The molecule has 0 fully saturated rings. The molecular weight excluding hydrogens is 363 g/mol. The van der Waals surface area contributed by atoms with Gasteiger partial charge in [0.25, 0.3) is 5.91 Å². The Morgan fingerprint density at radius 1 is 1.09 bits per heavy atom. The number of carbonyl (C=O) groups is 2. The molecule has 0 atom stereocenters. The lowest BCUT2D eigenvalue weighted by atomic mass is 10.1. The van der Waals surface area contributed by atoms with Crippen LogP contribution in [0.5, 0.6) is 0 Å². The summed E-state index contributed by atoms with van der Waals surface area (Å²) in [7, 11) is 0. The van der Waals surface area contributed by atoms with Crippen molar-refractivity contribution < 1.29 is 22.8 Å². The van der Waals surface area contributed by atoms with Gasteiger partial charge in [-0.25, -0.2) is 0 Å². The number of hydrogen-bond donors (Lipinski definition) is 1. The van der Waals surface area contributed by atoms with Crippen molar-refractivity contribution in [2.45, 2.75) is 6.18 Å². The molecule has 0 saturated carbocycles. The molecule has 1 N–H and O–H groups in total. The lowest BCUT2D eigenvalue weighted by Crippen LogP contribution is -2.13. The van der Waals surface area contributed by atoms with Crippen LogP contribution in [0.25, 0.3) is 0 Å². The number of nitrogens with one attached hydrogen (secondary N) is 1. The molecule has 0 bridgehead atoms. The van der Waals surface area contributed by atoms with Gasteiger partial charge in [-0.3, -0.25) is 9.59 Å². The molecule has 114 valence electrons. The molecule has 0 aliphatic heterocycles. The van der Waals surface area contributed by atoms with Crippen LogP contribution >= 0.6 is 15.9 Å². The van der Waals surface area contributed by atoms with Crippen LogP contribution in [0, 0.1) is 0 Å². The monoisotopic (exact) mass is 371 g/mol. The summed E-state index contributed by atoms with van der Waals surface area (Å²) >= 11 is 2.83. The number of hydrogen-bond acceptors (Lipinski definition) is 2. The second-order valence-electron chi connectivity index (χ2n) is 4.39. The van der Waals surface area contributed by atoms with E-state index in [1.165, 1.54) is 36.4 Å². The Morgan fingerprint density at radius 2 is 1.73 bits per heavy atom. The van der Waals surface area contributed by atoms with E-state index in [1.54, 1.807) is 0 Å². The molecule has 2 rings (SSSR count). The van der Waals surface area contributed by atoms with Crippen LogP contribution in [-0.4, -0.2) is 12.2 Å². The topological polar surface area (TPSA) is 46.2 Å². The van der Waals surface area contributed by atoms with Crippen molar-refractivity contribution in [3.8, 4) is 0 Å². The van der Waals surface area contributed by atoms with E-state index in [9.17, 15) is 22.8 Å². The summed E-state index contributed by atoms with van der Waals surface area (Å²) in [5.41, 5.74) is -0.205. The van der Waals surface area contributed by atoms with Crippen molar-refractivity contribution >= 4 is 33.8 Å². The number of aldehydes is 1. The van der Waals surface area contributed by atoms with Crippen molar-refractivity contribution in [1.29, 1.82) is 0 Å². The summed E-state index contributed by atoms with van der Waals surface area (Å²) < 4.78 is 38.3. The fourth-order valence-corrected chi connectivity index (χ4v) is 2.21. The highest BCUT2D eigenvalue weighted by Gasteiger charge is 2.33. The molecule has 0 unspecified atom stereocenters. The molecule has 7 heteroatoms. The predicted octanol–water partition coefficient (Wildman–Crippen LogP) is 4.53. The second-order valence-corrected chi connectivity index (χ2v) is 5.24. The first kappa shape index (κ1) is 16.2. The van der Waals surface area contributed by atoms with E-state index in [0.29, 0.717) is 11.8 Å². The third-order valence-electron chi connectivity index (χ3n) is 2.84. The molecule has 0 aliphatic carbocycles. The van der Waals surface area contributed by atoms with Gasteiger partial charge in [0.1, 0.15) is 6.29 Å². The van der Waals surface area contributed by atoms with Crippen LogP contribution in [0.2, 0.25) is 0 Å². The highest BCUT2D eigenvalue weighted by molar-refractivity contribution is 9.10. The third-order valence-corrected chi connectivity index (χ3v) is 3.53. The quantitative estimate of drug-likeness (QED) is 0.805. The van der Waals surface area contributed by atoms with Crippen molar-refractivity contribution in [2.24, 2.45) is 0 Å². The zero-order valence-electron chi connectivity index (χ0n) is 10.9. The fourth-order valence-electron chi connectivity index (χ4n) is 1.74. The van der Waals surface area contributed by atoms with Gasteiger partial charge in [-0.2, -0.15) is 13.2 Å². The number of benzene rings is 2. The molecule has 0 aromatic heterocycles. The predicted molar refractivity (Wildman–Crippen MR) is 78.9 cm³/mol. The molecule has 2 aromatic carbocycles. The zero-order valence-corrected chi connectivity index (χ0v) is 12.5. The van der Waals surface area contributed by atoms with Gasteiger partial charge in [0, 0.05) is 21.3 Å². The maximum atomic E-state index is 12.8. The Balaban J connectivity index is 2.22. The summed E-state index contributed by atoms with van der Waals surface area (Å²) in [6, 6.07) is 9.16. The van der Waals surface area contributed by atoms with Crippen LogP contribution in [0.3, 0.4) is 0 Å². The molecule has 0 radical (unpaired) electrons. The van der Waals surface area contributed by atoms with Crippen LogP contribution in [-0.2, 0) is 6.18 Å². The van der Waals surface area contributed by atoms with Gasteiger partial charge in [0.15, 0.2) is 0 Å². The first-order valence-electron chi connectivity index (χ1n) is 6.04. The smallest absolute Gasteiger partial charge is 0.322 e. The molecule has 1 amide bonds. The van der Waals surface area contributed by atoms with Crippen molar-refractivity contribution in [2.75, 3.05) is 5.32 Å². The largest absolute Gasteiger partial charge is 0.417 e. The number of amides is 1. The minimum Gasteiger partial charge on any atom is -0.322 e. The SMILES string of the molecule is O=Cc1ccc(C(=O)Nc2ccc(Br)c(C(F)(F)F)c2)cc1. The van der Waals surface area contributed by atoms with Gasteiger partial charge >= 0.3 is 6.18 Å². The van der Waals surface area contributed by atoms with Gasteiger partial charge in [0.05, 0.1) is 5.56 Å². The summed E-state index contributed by atoms with van der Waals surface area (Å²) in [4.78, 5) is 22.5. The van der Waals surface area contributed by atoms with Gasteiger partial charge < -0.3 is 5.32 Å². The minimum absolute atomic E-state index is 0.0278. The van der Waals surface area contributed by atoms with Crippen LogP contribution in [0.1, 0.15) is 26.3 Å². The van der Waals surface area contributed by atoms with Crippen molar-refractivity contribution in [3.63, 3.8) is 0 Å². The summed E-state index contributed by atoms with van der Waals surface area (Å²) in [5.74, 6) is -0.562. The molecular formula is C15H9BrF3NO2. The molecule has 0 aliphatic rings. The Morgan fingerprint density at radius 3 is 2.27 bits per heavy atom. The van der Waals surface area contributed by atoms with E-state index >= 15 is 0 Å². The normalized spacial score (nSPS) is 11.1. The Bertz CT molecular complexity index is 712. The Labute approximate surface area is 132 Å². The number of halogens is 4.